The molecule has 0 aliphatic rings. The van der Waals surface area contributed by atoms with Crippen molar-refractivity contribution < 1.29 is 4.74 Å². The number of H-pyrrole nitrogens is 1. The summed E-state index contributed by atoms with van der Waals surface area (Å²) < 4.78 is 7.13. The monoisotopic (exact) mass is 460 g/mol. The van der Waals surface area contributed by atoms with Crippen molar-refractivity contribution in [2.24, 2.45) is 0 Å². The van der Waals surface area contributed by atoms with Crippen LogP contribution in [0.4, 0.5) is 0 Å². The molecule has 0 aliphatic heterocycles. The molecule has 2 aromatic heterocycles. The van der Waals surface area contributed by atoms with Crippen molar-refractivity contribution in [1.82, 2.24) is 30.1 Å². The number of hydrogen-bond acceptors (Lipinski definition) is 6. The smallest absolute Gasteiger partial charge is 0.252 e. The largest absolute Gasteiger partial charge is 0.497 e. The second-order valence-electron chi connectivity index (χ2n) is 9.77. The fourth-order valence-electron chi connectivity index (χ4n) is 4.11. The minimum absolute atomic E-state index is 0.0728. The van der Waals surface area contributed by atoms with E-state index in [9.17, 15) is 4.79 Å². The van der Waals surface area contributed by atoms with Crippen molar-refractivity contribution in [1.29, 1.82) is 0 Å². The van der Waals surface area contributed by atoms with E-state index in [1.54, 1.807) is 7.11 Å². The normalized spacial score (nSPS) is 12.0. The van der Waals surface area contributed by atoms with E-state index in [1.165, 1.54) is 0 Å². The molecule has 2 aromatic carbocycles. The van der Waals surface area contributed by atoms with Gasteiger partial charge in [0.15, 0.2) is 5.82 Å². The summed E-state index contributed by atoms with van der Waals surface area (Å²) in [6.07, 6.45) is 0. The van der Waals surface area contributed by atoms with Crippen LogP contribution in [0.25, 0.3) is 10.9 Å². The van der Waals surface area contributed by atoms with Gasteiger partial charge in [0.1, 0.15) is 5.75 Å². The SMILES string of the molecule is COc1ccc(CN(Cc2cc3ccc(C)c(C)c3[nH]c2=O)Cc2nnnn2C(C)(C)C)cc1. The summed E-state index contributed by atoms with van der Waals surface area (Å²) in [6.45, 7) is 11.9. The Hall–Kier alpha value is -3.52. The molecule has 0 unspecified atom stereocenters. The molecule has 178 valence electrons. The third-order valence-corrected chi connectivity index (χ3v) is 6.12. The zero-order chi connectivity index (χ0) is 24.5. The summed E-state index contributed by atoms with van der Waals surface area (Å²) in [4.78, 5) is 18.3. The third-order valence-electron chi connectivity index (χ3n) is 6.12. The van der Waals surface area contributed by atoms with Crippen LogP contribution >= 0.6 is 0 Å². The maximum atomic E-state index is 13.1. The second kappa shape index (κ2) is 9.38. The van der Waals surface area contributed by atoms with Gasteiger partial charge in [-0.15, -0.1) is 5.10 Å². The predicted molar refractivity (Wildman–Crippen MR) is 133 cm³/mol. The molecule has 0 saturated carbocycles. The minimum Gasteiger partial charge on any atom is -0.497 e. The van der Waals surface area contributed by atoms with E-state index < -0.39 is 0 Å². The zero-order valence-electron chi connectivity index (χ0n) is 20.7. The molecule has 4 aromatic rings. The lowest BCUT2D eigenvalue weighted by Gasteiger charge is -2.25. The van der Waals surface area contributed by atoms with Gasteiger partial charge in [0, 0.05) is 18.7 Å². The van der Waals surface area contributed by atoms with E-state index in [2.05, 4.69) is 65.2 Å². The van der Waals surface area contributed by atoms with Crippen molar-refractivity contribution in [3.63, 3.8) is 0 Å². The van der Waals surface area contributed by atoms with E-state index in [0.717, 1.165) is 39.2 Å². The highest BCUT2D eigenvalue weighted by atomic mass is 16.5. The summed E-state index contributed by atoms with van der Waals surface area (Å²) in [5, 5.41) is 13.4. The number of ether oxygens (including phenoxy) is 1. The van der Waals surface area contributed by atoms with Crippen molar-refractivity contribution in [2.45, 2.75) is 59.8 Å². The number of tetrazole rings is 1. The van der Waals surface area contributed by atoms with E-state index in [-0.39, 0.29) is 11.1 Å². The average Bonchev–Trinajstić information content (AvgIpc) is 3.27. The first-order valence-electron chi connectivity index (χ1n) is 11.4. The fraction of sp³-hybridized carbons (Fsp3) is 0.385. The molecule has 2 heterocycles. The van der Waals surface area contributed by atoms with Gasteiger partial charge in [0.05, 0.1) is 24.7 Å². The van der Waals surface area contributed by atoms with E-state index >= 15 is 0 Å². The number of aryl methyl sites for hydroxylation is 2. The highest BCUT2D eigenvalue weighted by Crippen LogP contribution is 2.21. The van der Waals surface area contributed by atoms with E-state index in [0.29, 0.717) is 25.2 Å². The van der Waals surface area contributed by atoms with Gasteiger partial charge in [-0.3, -0.25) is 9.69 Å². The van der Waals surface area contributed by atoms with Crippen LogP contribution < -0.4 is 10.3 Å². The lowest BCUT2D eigenvalue weighted by atomic mass is 10.0. The highest BCUT2D eigenvalue weighted by Gasteiger charge is 2.22. The van der Waals surface area contributed by atoms with Crippen molar-refractivity contribution in [2.75, 3.05) is 7.11 Å². The number of benzene rings is 2. The Morgan fingerprint density at radius 3 is 2.44 bits per heavy atom. The molecule has 0 radical (unpaired) electrons. The molecule has 0 atom stereocenters. The van der Waals surface area contributed by atoms with Gasteiger partial charge in [0.2, 0.25) is 0 Å². The molecule has 0 aliphatic carbocycles. The molecular weight excluding hydrogens is 428 g/mol. The van der Waals surface area contributed by atoms with Gasteiger partial charge in [0.25, 0.3) is 5.56 Å². The molecule has 34 heavy (non-hydrogen) atoms. The van der Waals surface area contributed by atoms with Crippen LogP contribution in [-0.4, -0.2) is 37.2 Å². The molecule has 8 nitrogen and oxygen atoms in total. The lowest BCUT2D eigenvalue weighted by Crippen LogP contribution is -2.31. The number of nitrogens with one attached hydrogen (secondary N) is 1. The number of methoxy groups -OCH3 is 1. The highest BCUT2D eigenvalue weighted by molar-refractivity contribution is 5.83. The molecule has 0 bridgehead atoms. The molecule has 0 spiro atoms. The lowest BCUT2D eigenvalue weighted by molar-refractivity contribution is 0.223. The van der Waals surface area contributed by atoms with Crippen LogP contribution in [0.1, 0.15) is 48.8 Å². The number of rotatable bonds is 7. The van der Waals surface area contributed by atoms with E-state index in [1.807, 2.05) is 41.9 Å². The first-order valence-corrected chi connectivity index (χ1v) is 11.4. The summed E-state index contributed by atoms with van der Waals surface area (Å²) in [7, 11) is 1.66. The Balaban J connectivity index is 1.69. The zero-order valence-corrected chi connectivity index (χ0v) is 20.7. The molecule has 0 saturated heterocycles. The van der Waals surface area contributed by atoms with Crippen LogP contribution in [-0.2, 0) is 25.2 Å². The summed E-state index contributed by atoms with van der Waals surface area (Å²) >= 11 is 0. The summed E-state index contributed by atoms with van der Waals surface area (Å²) in [5.41, 5.74) is 4.65. The maximum absolute atomic E-state index is 13.1. The number of nitrogens with zero attached hydrogens (tertiary/aromatic N) is 5. The van der Waals surface area contributed by atoms with Crippen LogP contribution in [0, 0.1) is 13.8 Å². The second-order valence-corrected chi connectivity index (χ2v) is 9.77. The number of hydrogen-bond donors (Lipinski definition) is 1. The molecular formula is C26H32N6O2. The average molecular weight is 461 g/mol. The summed E-state index contributed by atoms with van der Waals surface area (Å²) in [6, 6.07) is 14.1. The number of pyridine rings is 1. The Morgan fingerprint density at radius 2 is 1.76 bits per heavy atom. The Morgan fingerprint density at radius 1 is 1.03 bits per heavy atom. The Labute approximate surface area is 199 Å². The van der Waals surface area contributed by atoms with E-state index in [4.69, 9.17) is 4.74 Å². The number of aromatic nitrogens is 5. The minimum atomic E-state index is -0.250. The van der Waals surface area contributed by atoms with Crippen LogP contribution in [0.15, 0.2) is 47.3 Å². The van der Waals surface area contributed by atoms with Gasteiger partial charge < -0.3 is 9.72 Å². The quantitative estimate of drug-likeness (QED) is 0.447. The van der Waals surface area contributed by atoms with Crippen LogP contribution in [0.5, 0.6) is 5.75 Å². The maximum Gasteiger partial charge on any atom is 0.252 e. The first-order chi connectivity index (χ1) is 16.2. The molecule has 4 rings (SSSR count). The molecule has 8 heteroatoms. The van der Waals surface area contributed by atoms with Crippen LogP contribution in [0.3, 0.4) is 0 Å². The molecule has 1 N–H and O–H groups in total. The van der Waals surface area contributed by atoms with Gasteiger partial charge in [-0.2, -0.15) is 0 Å². The van der Waals surface area contributed by atoms with Gasteiger partial charge in [-0.05, 0) is 85.3 Å². The van der Waals surface area contributed by atoms with Crippen molar-refractivity contribution in [3.05, 3.63) is 80.9 Å². The van der Waals surface area contributed by atoms with Gasteiger partial charge >= 0.3 is 0 Å². The fourth-order valence-corrected chi connectivity index (χ4v) is 4.11. The molecule has 0 fully saturated rings. The standard InChI is InChI=1S/C26H32N6O2/c1-17-7-10-20-13-21(25(33)27-24(20)18(17)2)15-31(14-19-8-11-22(34-6)12-9-19)16-23-28-29-30-32(23)26(3,4)5/h7-13H,14-16H2,1-6H3,(H,27,33). The Bertz CT molecular complexity index is 1350. The number of fused-ring (bicyclic) bond motifs is 1. The van der Waals surface area contributed by atoms with Crippen molar-refractivity contribution in [3.8, 4) is 5.75 Å². The van der Waals surface area contributed by atoms with Crippen molar-refractivity contribution >= 4 is 10.9 Å². The Kier molecular flexibility index (Phi) is 6.52. The third kappa shape index (κ3) is 5.02. The summed E-state index contributed by atoms with van der Waals surface area (Å²) in [5.74, 6) is 1.56. The molecule has 0 amide bonds. The predicted octanol–water partition coefficient (Wildman–Crippen LogP) is 4.10. The number of aromatic amines is 1. The first kappa shape index (κ1) is 23.6. The topological polar surface area (TPSA) is 88.9 Å². The van der Waals surface area contributed by atoms with Crippen LogP contribution in [0.2, 0.25) is 0 Å². The van der Waals surface area contributed by atoms with Gasteiger partial charge in [-0.1, -0.05) is 24.3 Å². The van der Waals surface area contributed by atoms with Gasteiger partial charge in [-0.25, -0.2) is 4.68 Å².